The Hall–Kier alpha value is -0.640. The second kappa shape index (κ2) is 6.69. The molecule has 19 heavy (non-hydrogen) atoms. The number of hydrogen-bond acceptors (Lipinski definition) is 2. The van der Waals surface area contributed by atoms with Gasteiger partial charge in [0.1, 0.15) is 5.82 Å². The minimum Gasteiger partial charge on any atom is -0.271 e. The van der Waals surface area contributed by atoms with E-state index in [1.54, 1.807) is 12.1 Å². The Balaban J connectivity index is 2.78. The maximum atomic E-state index is 13.9. The lowest BCUT2D eigenvalue weighted by Gasteiger charge is -2.26. The highest BCUT2D eigenvalue weighted by molar-refractivity contribution is 6.30. The van der Waals surface area contributed by atoms with Crippen LogP contribution in [-0.2, 0) is 0 Å². The first-order valence-corrected chi connectivity index (χ1v) is 7.02. The Bertz CT molecular complexity index is 415. The highest BCUT2D eigenvalue weighted by Crippen LogP contribution is 2.31. The van der Waals surface area contributed by atoms with Gasteiger partial charge in [-0.15, -0.1) is 0 Å². The van der Waals surface area contributed by atoms with Crippen LogP contribution in [0, 0.1) is 17.2 Å². The fourth-order valence-corrected chi connectivity index (χ4v) is 2.76. The number of halogens is 2. The molecule has 0 aliphatic carbocycles. The second-order valence-corrected chi connectivity index (χ2v) is 6.93. The predicted octanol–water partition coefficient (Wildman–Crippen LogP) is 4.45. The lowest BCUT2D eigenvalue weighted by molar-refractivity contribution is 0.274. The summed E-state index contributed by atoms with van der Waals surface area (Å²) in [6.45, 7) is 8.79. The number of benzene rings is 1. The maximum absolute atomic E-state index is 13.9. The normalized spacial score (nSPS) is 15.3. The molecule has 0 bridgehead atoms. The van der Waals surface area contributed by atoms with Crippen molar-refractivity contribution in [2.75, 3.05) is 0 Å². The van der Waals surface area contributed by atoms with Crippen molar-refractivity contribution >= 4 is 11.6 Å². The molecule has 2 unspecified atom stereocenters. The molecule has 0 saturated heterocycles. The molecular weight excluding hydrogens is 263 g/mol. The number of nitrogens with two attached hydrogens (primary N) is 1. The monoisotopic (exact) mass is 286 g/mol. The summed E-state index contributed by atoms with van der Waals surface area (Å²) in [4.78, 5) is 0. The highest BCUT2D eigenvalue weighted by atomic mass is 35.5. The van der Waals surface area contributed by atoms with Crippen LogP contribution in [0.25, 0.3) is 0 Å². The largest absolute Gasteiger partial charge is 0.271 e. The number of hydrogen-bond donors (Lipinski definition) is 2. The zero-order valence-corrected chi connectivity index (χ0v) is 12.9. The Kier molecular flexibility index (Phi) is 5.78. The van der Waals surface area contributed by atoms with E-state index in [1.165, 1.54) is 6.07 Å². The van der Waals surface area contributed by atoms with Crippen molar-refractivity contribution in [3.05, 3.63) is 34.6 Å². The molecule has 0 amide bonds. The van der Waals surface area contributed by atoms with Crippen molar-refractivity contribution in [2.45, 2.75) is 46.6 Å². The van der Waals surface area contributed by atoms with Gasteiger partial charge in [0.15, 0.2) is 0 Å². The van der Waals surface area contributed by atoms with Crippen molar-refractivity contribution < 1.29 is 4.39 Å². The van der Waals surface area contributed by atoms with Gasteiger partial charge in [0.25, 0.3) is 0 Å². The minimum atomic E-state index is -0.307. The van der Waals surface area contributed by atoms with Gasteiger partial charge in [0.05, 0.1) is 0 Å². The van der Waals surface area contributed by atoms with Crippen LogP contribution in [0.3, 0.4) is 0 Å². The van der Waals surface area contributed by atoms with E-state index in [0.29, 0.717) is 16.5 Å². The van der Waals surface area contributed by atoms with Crippen LogP contribution in [0.2, 0.25) is 5.02 Å². The molecule has 2 nitrogen and oxygen atoms in total. The topological polar surface area (TPSA) is 38.0 Å². The molecule has 108 valence electrons. The third kappa shape index (κ3) is 5.47. The van der Waals surface area contributed by atoms with E-state index in [0.717, 1.165) is 12.8 Å². The molecule has 0 aromatic heterocycles. The summed E-state index contributed by atoms with van der Waals surface area (Å²) in [5.41, 5.74) is 3.55. The van der Waals surface area contributed by atoms with Gasteiger partial charge in [0, 0.05) is 16.6 Å². The van der Waals surface area contributed by atoms with Crippen LogP contribution in [0.1, 0.15) is 52.1 Å². The SMILES string of the molecule is CC(CC(NN)c1ccc(Cl)cc1F)CC(C)(C)C. The molecule has 2 atom stereocenters. The lowest BCUT2D eigenvalue weighted by atomic mass is 9.82. The predicted molar refractivity (Wildman–Crippen MR) is 79.3 cm³/mol. The molecule has 0 spiro atoms. The molecule has 0 heterocycles. The third-order valence-electron chi connectivity index (χ3n) is 3.14. The maximum Gasteiger partial charge on any atom is 0.129 e. The van der Waals surface area contributed by atoms with Gasteiger partial charge in [0.2, 0.25) is 0 Å². The molecule has 4 heteroatoms. The van der Waals surface area contributed by atoms with Gasteiger partial charge in [-0.25, -0.2) is 4.39 Å². The van der Waals surface area contributed by atoms with Crippen LogP contribution in [0.5, 0.6) is 0 Å². The van der Waals surface area contributed by atoms with Gasteiger partial charge < -0.3 is 0 Å². The summed E-state index contributed by atoms with van der Waals surface area (Å²) < 4.78 is 13.9. The molecule has 3 N–H and O–H groups in total. The Morgan fingerprint density at radius 2 is 2.00 bits per heavy atom. The van der Waals surface area contributed by atoms with Crippen molar-refractivity contribution in [3.8, 4) is 0 Å². The van der Waals surface area contributed by atoms with E-state index in [1.807, 2.05) is 0 Å². The lowest BCUT2D eigenvalue weighted by Crippen LogP contribution is -2.30. The van der Waals surface area contributed by atoms with Gasteiger partial charge in [-0.3, -0.25) is 11.3 Å². The zero-order valence-electron chi connectivity index (χ0n) is 12.1. The molecule has 1 rings (SSSR count). The van der Waals surface area contributed by atoms with Gasteiger partial charge in [-0.2, -0.15) is 0 Å². The van der Waals surface area contributed by atoms with E-state index in [9.17, 15) is 4.39 Å². The quantitative estimate of drug-likeness (QED) is 0.620. The van der Waals surface area contributed by atoms with E-state index < -0.39 is 0 Å². The Labute approximate surface area is 120 Å². The third-order valence-corrected chi connectivity index (χ3v) is 3.37. The molecule has 0 saturated carbocycles. The smallest absolute Gasteiger partial charge is 0.129 e. The van der Waals surface area contributed by atoms with Gasteiger partial charge >= 0.3 is 0 Å². The fourth-order valence-electron chi connectivity index (χ4n) is 2.60. The highest BCUT2D eigenvalue weighted by Gasteiger charge is 2.21. The first-order chi connectivity index (χ1) is 8.73. The summed E-state index contributed by atoms with van der Waals surface area (Å²) in [6, 6.07) is 4.54. The van der Waals surface area contributed by atoms with Crippen LogP contribution in [-0.4, -0.2) is 0 Å². The van der Waals surface area contributed by atoms with Crippen LogP contribution >= 0.6 is 11.6 Å². The fraction of sp³-hybridized carbons (Fsp3) is 0.600. The first-order valence-electron chi connectivity index (χ1n) is 6.64. The van der Waals surface area contributed by atoms with Crippen molar-refractivity contribution in [3.63, 3.8) is 0 Å². The molecule has 0 aliphatic heterocycles. The van der Waals surface area contributed by atoms with E-state index >= 15 is 0 Å². The molecule has 1 aromatic rings. The molecule has 0 aliphatic rings. The van der Waals surface area contributed by atoms with Crippen LogP contribution < -0.4 is 11.3 Å². The molecule has 0 fully saturated rings. The number of nitrogens with one attached hydrogen (secondary N) is 1. The van der Waals surface area contributed by atoms with Crippen molar-refractivity contribution in [1.29, 1.82) is 0 Å². The van der Waals surface area contributed by atoms with Gasteiger partial charge in [-0.1, -0.05) is 45.4 Å². The van der Waals surface area contributed by atoms with Crippen molar-refractivity contribution in [2.24, 2.45) is 17.2 Å². The Morgan fingerprint density at radius 1 is 1.37 bits per heavy atom. The first kappa shape index (κ1) is 16.4. The van der Waals surface area contributed by atoms with Gasteiger partial charge in [-0.05, 0) is 36.3 Å². The minimum absolute atomic E-state index is 0.186. The summed E-state index contributed by atoms with van der Waals surface area (Å²) in [5, 5.41) is 0.403. The summed E-state index contributed by atoms with van der Waals surface area (Å²) in [5.74, 6) is 5.72. The van der Waals surface area contributed by atoms with E-state index in [-0.39, 0.29) is 17.3 Å². The average Bonchev–Trinajstić information content (AvgIpc) is 2.24. The molecule has 1 aromatic carbocycles. The van der Waals surface area contributed by atoms with Crippen molar-refractivity contribution in [1.82, 2.24) is 5.43 Å². The van der Waals surface area contributed by atoms with Crippen LogP contribution in [0.4, 0.5) is 4.39 Å². The molecular formula is C15H24ClFN2. The summed E-state index contributed by atoms with van der Waals surface area (Å²) >= 11 is 5.77. The number of hydrazine groups is 1. The standard InChI is InChI=1S/C15H24ClFN2/c1-10(9-15(2,3)4)7-14(19-18)12-6-5-11(16)8-13(12)17/h5-6,8,10,14,19H,7,9,18H2,1-4H3. The van der Waals surface area contributed by atoms with Crippen LogP contribution in [0.15, 0.2) is 18.2 Å². The number of rotatable bonds is 5. The average molecular weight is 287 g/mol. The zero-order chi connectivity index (χ0) is 14.6. The summed E-state index contributed by atoms with van der Waals surface area (Å²) in [6.07, 6.45) is 1.87. The summed E-state index contributed by atoms with van der Waals surface area (Å²) in [7, 11) is 0. The Morgan fingerprint density at radius 3 is 2.47 bits per heavy atom. The second-order valence-electron chi connectivity index (χ2n) is 6.49. The van der Waals surface area contributed by atoms with E-state index in [4.69, 9.17) is 17.4 Å². The van der Waals surface area contributed by atoms with E-state index in [2.05, 4.69) is 33.1 Å². The molecule has 0 radical (unpaired) electrons.